The van der Waals surface area contributed by atoms with Crippen molar-refractivity contribution in [2.75, 3.05) is 0 Å². The number of fused-ring (bicyclic) bond motifs is 1. The maximum absolute atomic E-state index is 11.2. The summed E-state index contributed by atoms with van der Waals surface area (Å²) in [5, 5.41) is 10.3. The first-order valence-electron chi connectivity index (χ1n) is 5.44. The first-order chi connectivity index (χ1) is 7.65. The van der Waals surface area contributed by atoms with Gasteiger partial charge in [-0.15, -0.1) is 0 Å². The highest BCUT2D eigenvalue weighted by Gasteiger charge is 2.19. The van der Waals surface area contributed by atoms with Crippen molar-refractivity contribution < 1.29 is 9.90 Å². The molecule has 0 bridgehead atoms. The van der Waals surface area contributed by atoms with Crippen LogP contribution in [0.2, 0.25) is 0 Å². The Hall–Kier alpha value is -1.77. The Morgan fingerprint density at radius 1 is 1.44 bits per heavy atom. The normalized spacial score (nSPS) is 12.9. The highest BCUT2D eigenvalue weighted by atomic mass is 16.4. The predicted molar refractivity (Wildman–Crippen MR) is 63.6 cm³/mol. The first-order valence-corrected chi connectivity index (χ1v) is 5.44. The number of carbonyl (C=O) groups is 1. The van der Waals surface area contributed by atoms with E-state index in [1.54, 1.807) is 0 Å². The van der Waals surface area contributed by atoms with Crippen LogP contribution in [0.4, 0.5) is 0 Å². The zero-order valence-electron chi connectivity index (χ0n) is 9.47. The molecule has 1 aromatic heterocycles. The van der Waals surface area contributed by atoms with Crippen LogP contribution in [0.5, 0.6) is 0 Å². The number of aromatic nitrogens is 1. The number of carboxylic acids is 1. The number of nitrogens with zero attached hydrogens (tertiary/aromatic N) is 1. The van der Waals surface area contributed by atoms with Crippen LogP contribution in [0.15, 0.2) is 30.5 Å². The minimum Gasteiger partial charge on any atom is -0.480 e. The summed E-state index contributed by atoms with van der Waals surface area (Å²) in [7, 11) is 0. The van der Waals surface area contributed by atoms with Gasteiger partial charge in [-0.05, 0) is 25.0 Å². The lowest BCUT2D eigenvalue weighted by Crippen LogP contribution is -2.17. The molecule has 0 spiro atoms. The summed E-state index contributed by atoms with van der Waals surface area (Å²) in [4.78, 5) is 11.2. The molecule has 0 radical (unpaired) electrons. The van der Waals surface area contributed by atoms with Crippen molar-refractivity contribution in [1.29, 1.82) is 0 Å². The minimum atomic E-state index is -0.775. The van der Waals surface area contributed by atoms with Crippen LogP contribution >= 0.6 is 0 Å². The molecule has 3 heteroatoms. The first kappa shape index (κ1) is 10.7. The number of hydrogen-bond acceptors (Lipinski definition) is 1. The number of carboxylic acid groups (broad SMARTS) is 1. The predicted octanol–water partition coefficient (Wildman–Crippen LogP) is 2.99. The average Bonchev–Trinajstić information content (AvgIpc) is 2.58. The summed E-state index contributed by atoms with van der Waals surface area (Å²) in [6, 6.07) is 7.43. The molecule has 0 aliphatic heterocycles. The Morgan fingerprint density at radius 3 is 2.75 bits per heavy atom. The molecule has 1 atom stereocenters. The smallest absolute Gasteiger partial charge is 0.326 e. The van der Waals surface area contributed by atoms with Crippen LogP contribution in [0, 0.1) is 6.92 Å². The second-order valence-corrected chi connectivity index (χ2v) is 4.00. The molecule has 1 N–H and O–H groups in total. The van der Waals surface area contributed by atoms with Gasteiger partial charge in [0.05, 0.1) is 0 Å². The molecule has 2 aromatic rings. The Balaban J connectivity index is 2.64. The van der Waals surface area contributed by atoms with Crippen LogP contribution in [-0.4, -0.2) is 15.6 Å². The lowest BCUT2D eigenvalue weighted by atomic mass is 10.2. The van der Waals surface area contributed by atoms with Crippen LogP contribution in [0.25, 0.3) is 10.9 Å². The fourth-order valence-electron chi connectivity index (χ4n) is 2.13. The fraction of sp³-hybridized carbons (Fsp3) is 0.308. The molecule has 1 heterocycles. The second kappa shape index (κ2) is 4.00. The van der Waals surface area contributed by atoms with Gasteiger partial charge >= 0.3 is 5.97 Å². The Labute approximate surface area is 94.3 Å². The van der Waals surface area contributed by atoms with Crippen LogP contribution in [0.3, 0.4) is 0 Å². The number of aliphatic carboxylic acids is 1. The topological polar surface area (TPSA) is 42.2 Å². The standard InChI is InChI=1S/C13H15NO2/c1-3-11(13(15)16)14-8-9(2)10-6-4-5-7-12(10)14/h4-8,11H,3H2,1-2H3,(H,15,16). The van der Waals surface area contributed by atoms with Gasteiger partial charge in [-0.2, -0.15) is 0 Å². The molecular weight excluding hydrogens is 202 g/mol. The van der Waals surface area contributed by atoms with Gasteiger partial charge < -0.3 is 9.67 Å². The number of rotatable bonds is 3. The van der Waals surface area contributed by atoms with Gasteiger partial charge in [0.1, 0.15) is 6.04 Å². The van der Waals surface area contributed by atoms with Crippen molar-refractivity contribution in [1.82, 2.24) is 4.57 Å². The highest BCUT2D eigenvalue weighted by molar-refractivity contribution is 5.85. The zero-order chi connectivity index (χ0) is 11.7. The van der Waals surface area contributed by atoms with Gasteiger partial charge in [-0.3, -0.25) is 0 Å². The summed E-state index contributed by atoms with van der Waals surface area (Å²) in [5.74, 6) is -0.775. The van der Waals surface area contributed by atoms with E-state index >= 15 is 0 Å². The van der Waals surface area contributed by atoms with Crippen molar-refractivity contribution in [3.05, 3.63) is 36.0 Å². The SMILES string of the molecule is CCC(C(=O)O)n1cc(C)c2ccccc21. The number of benzene rings is 1. The summed E-state index contributed by atoms with van der Waals surface area (Å²) < 4.78 is 1.85. The van der Waals surface area contributed by atoms with Crippen molar-refractivity contribution in [2.45, 2.75) is 26.3 Å². The van der Waals surface area contributed by atoms with Gasteiger partial charge in [0, 0.05) is 17.1 Å². The van der Waals surface area contributed by atoms with Crippen LogP contribution in [0.1, 0.15) is 24.9 Å². The number of hydrogen-bond donors (Lipinski definition) is 1. The molecule has 0 fully saturated rings. The number of para-hydroxylation sites is 1. The largest absolute Gasteiger partial charge is 0.480 e. The van der Waals surface area contributed by atoms with Gasteiger partial charge in [0.15, 0.2) is 0 Å². The van der Waals surface area contributed by atoms with E-state index in [0.29, 0.717) is 6.42 Å². The van der Waals surface area contributed by atoms with E-state index in [9.17, 15) is 9.90 Å². The van der Waals surface area contributed by atoms with E-state index < -0.39 is 12.0 Å². The molecule has 2 rings (SSSR count). The van der Waals surface area contributed by atoms with Crippen LogP contribution in [-0.2, 0) is 4.79 Å². The highest BCUT2D eigenvalue weighted by Crippen LogP contribution is 2.25. The lowest BCUT2D eigenvalue weighted by molar-refractivity contribution is -0.140. The number of aryl methyl sites for hydroxylation is 1. The molecule has 1 unspecified atom stereocenters. The molecule has 16 heavy (non-hydrogen) atoms. The molecule has 84 valence electrons. The quantitative estimate of drug-likeness (QED) is 0.858. The summed E-state index contributed by atoms with van der Waals surface area (Å²) in [6.45, 7) is 3.90. The molecule has 0 amide bonds. The zero-order valence-corrected chi connectivity index (χ0v) is 9.47. The van der Waals surface area contributed by atoms with Crippen molar-refractivity contribution in [2.24, 2.45) is 0 Å². The molecule has 0 saturated heterocycles. The van der Waals surface area contributed by atoms with Crippen LogP contribution < -0.4 is 0 Å². The van der Waals surface area contributed by atoms with E-state index in [1.807, 2.05) is 48.9 Å². The fourth-order valence-corrected chi connectivity index (χ4v) is 2.13. The average molecular weight is 217 g/mol. The van der Waals surface area contributed by atoms with E-state index in [1.165, 1.54) is 0 Å². The third-order valence-corrected chi connectivity index (χ3v) is 2.95. The van der Waals surface area contributed by atoms with E-state index in [0.717, 1.165) is 16.5 Å². The molecule has 0 aliphatic rings. The molecule has 1 aromatic carbocycles. The summed E-state index contributed by atoms with van der Waals surface area (Å²) in [5.41, 5.74) is 2.12. The molecular formula is C13H15NO2. The van der Waals surface area contributed by atoms with E-state index in [-0.39, 0.29) is 0 Å². The van der Waals surface area contributed by atoms with E-state index in [2.05, 4.69) is 0 Å². The van der Waals surface area contributed by atoms with E-state index in [4.69, 9.17) is 0 Å². The summed E-state index contributed by atoms with van der Waals surface area (Å²) in [6.07, 6.45) is 2.51. The third kappa shape index (κ3) is 1.58. The van der Waals surface area contributed by atoms with Gasteiger partial charge in [0.2, 0.25) is 0 Å². The maximum atomic E-state index is 11.2. The molecule has 3 nitrogen and oxygen atoms in total. The second-order valence-electron chi connectivity index (χ2n) is 4.00. The van der Waals surface area contributed by atoms with Gasteiger partial charge in [0.25, 0.3) is 0 Å². The maximum Gasteiger partial charge on any atom is 0.326 e. The van der Waals surface area contributed by atoms with Crippen molar-refractivity contribution in [3.63, 3.8) is 0 Å². The third-order valence-electron chi connectivity index (χ3n) is 2.95. The monoisotopic (exact) mass is 217 g/mol. The molecule has 0 aliphatic carbocycles. The van der Waals surface area contributed by atoms with Crippen molar-refractivity contribution >= 4 is 16.9 Å². The Kier molecular flexibility index (Phi) is 2.69. The Bertz CT molecular complexity index is 528. The minimum absolute atomic E-state index is 0.474. The molecule has 0 saturated carbocycles. The lowest BCUT2D eigenvalue weighted by Gasteiger charge is -2.13. The Morgan fingerprint density at radius 2 is 2.12 bits per heavy atom. The van der Waals surface area contributed by atoms with Crippen molar-refractivity contribution in [3.8, 4) is 0 Å². The van der Waals surface area contributed by atoms with Gasteiger partial charge in [-0.1, -0.05) is 25.1 Å². The van der Waals surface area contributed by atoms with Gasteiger partial charge in [-0.25, -0.2) is 4.79 Å². The summed E-state index contributed by atoms with van der Waals surface area (Å²) >= 11 is 0.